The van der Waals surface area contributed by atoms with Crippen LogP contribution < -0.4 is 10.6 Å². The Kier molecular flexibility index (Phi) is 3.40. The lowest BCUT2D eigenvalue weighted by Crippen LogP contribution is -2.35. The molecule has 0 radical (unpaired) electrons. The third kappa shape index (κ3) is 2.83. The minimum atomic E-state index is -0.206. The molecule has 0 spiro atoms. The second-order valence-corrected chi connectivity index (χ2v) is 2.71. The van der Waals surface area contributed by atoms with Crippen LogP contribution in [0.1, 0.15) is 6.92 Å². The van der Waals surface area contributed by atoms with Gasteiger partial charge in [-0.05, 0) is 26.1 Å². The van der Waals surface area contributed by atoms with Gasteiger partial charge in [0.2, 0.25) is 5.91 Å². The molecule has 13 heavy (non-hydrogen) atoms. The highest BCUT2D eigenvalue weighted by molar-refractivity contribution is 5.93. The van der Waals surface area contributed by atoms with E-state index >= 15 is 0 Å². The van der Waals surface area contributed by atoms with E-state index in [0.717, 1.165) is 0 Å². The van der Waals surface area contributed by atoms with E-state index in [1.165, 1.54) is 0 Å². The Bertz CT molecular complexity index is 273. The third-order valence-electron chi connectivity index (χ3n) is 1.74. The molecule has 4 heteroatoms. The molecule has 0 aliphatic heterocycles. The Balaban J connectivity index is 2.55. The van der Waals surface area contributed by atoms with E-state index < -0.39 is 0 Å². The molecular weight excluding hydrogens is 166 g/mol. The fraction of sp³-hybridized carbons (Fsp3) is 0.333. The molecule has 0 aliphatic carbocycles. The maximum absolute atomic E-state index is 11.3. The van der Waals surface area contributed by atoms with Crippen LogP contribution in [0.15, 0.2) is 24.4 Å². The number of carbonyl (C=O) groups is 1. The number of aromatic nitrogens is 1. The van der Waals surface area contributed by atoms with E-state index in [1.807, 2.05) is 6.07 Å². The highest BCUT2D eigenvalue weighted by Crippen LogP contribution is 2.00. The molecule has 1 aromatic heterocycles. The Labute approximate surface area is 77.4 Å². The maximum Gasteiger partial charge on any atom is 0.242 e. The number of nitrogens with zero attached hydrogens (tertiary/aromatic N) is 1. The largest absolute Gasteiger partial charge is 0.309 e. The van der Waals surface area contributed by atoms with Crippen LogP contribution in [0.3, 0.4) is 0 Å². The Morgan fingerprint density at radius 3 is 2.85 bits per heavy atom. The van der Waals surface area contributed by atoms with Crippen molar-refractivity contribution in [2.75, 3.05) is 12.4 Å². The molecule has 4 nitrogen and oxygen atoms in total. The van der Waals surface area contributed by atoms with E-state index in [4.69, 9.17) is 0 Å². The van der Waals surface area contributed by atoms with Crippen molar-refractivity contribution in [1.29, 1.82) is 0 Å². The highest BCUT2D eigenvalue weighted by atomic mass is 16.2. The summed E-state index contributed by atoms with van der Waals surface area (Å²) in [4.78, 5) is 15.3. The standard InChI is InChI=1S/C9H13N3O/c1-7(10-2)9(13)12-8-5-3-4-6-11-8/h3-7,10H,1-2H3,(H,11,12,13). The van der Waals surface area contributed by atoms with Gasteiger partial charge in [0.1, 0.15) is 5.82 Å². The van der Waals surface area contributed by atoms with Crippen molar-refractivity contribution in [3.8, 4) is 0 Å². The van der Waals surface area contributed by atoms with Gasteiger partial charge in [0.15, 0.2) is 0 Å². The second-order valence-electron chi connectivity index (χ2n) is 2.71. The predicted molar refractivity (Wildman–Crippen MR) is 51.4 cm³/mol. The van der Waals surface area contributed by atoms with Gasteiger partial charge >= 0.3 is 0 Å². The number of hydrogen-bond acceptors (Lipinski definition) is 3. The van der Waals surface area contributed by atoms with Crippen LogP contribution >= 0.6 is 0 Å². The summed E-state index contributed by atoms with van der Waals surface area (Å²) in [5, 5.41) is 5.53. The normalized spacial score (nSPS) is 12.2. The Morgan fingerprint density at radius 2 is 2.31 bits per heavy atom. The van der Waals surface area contributed by atoms with E-state index in [-0.39, 0.29) is 11.9 Å². The van der Waals surface area contributed by atoms with Gasteiger partial charge in [0.25, 0.3) is 0 Å². The number of hydrogen-bond donors (Lipinski definition) is 2. The summed E-state index contributed by atoms with van der Waals surface area (Å²) in [6.45, 7) is 1.79. The van der Waals surface area contributed by atoms with E-state index in [1.54, 1.807) is 32.3 Å². The van der Waals surface area contributed by atoms with Crippen molar-refractivity contribution in [3.63, 3.8) is 0 Å². The first-order valence-corrected chi connectivity index (χ1v) is 4.13. The monoisotopic (exact) mass is 179 g/mol. The molecule has 70 valence electrons. The number of anilines is 1. The van der Waals surface area contributed by atoms with Gasteiger partial charge in [-0.25, -0.2) is 4.98 Å². The lowest BCUT2D eigenvalue weighted by atomic mass is 10.3. The first-order valence-electron chi connectivity index (χ1n) is 4.13. The van der Waals surface area contributed by atoms with Gasteiger partial charge in [-0.1, -0.05) is 6.07 Å². The fourth-order valence-electron chi connectivity index (χ4n) is 0.802. The van der Waals surface area contributed by atoms with E-state index in [0.29, 0.717) is 5.82 Å². The number of nitrogens with one attached hydrogen (secondary N) is 2. The molecule has 1 heterocycles. The van der Waals surface area contributed by atoms with Crippen LogP contribution in [0.25, 0.3) is 0 Å². The zero-order valence-corrected chi connectivity index (χ0v) is 7.74. The minimum absolute atomic E-state index is 0.0822. The molecule has 0 bridgehead atoms. The average molecular weight is 179 g/mol. The van der Waals surface area contributed by atoms with Gasteiger partial charge < -0.3 is 10.6 Å². The quantitative estimate of drug-likeness (QED) is 0.715. The number of pyridine rings is 1. The average Bonchev–Trinajstić information content (AvgIpc) is 2.18. The number of amides is 1. The lowest BCUT2D eigenvalue weighted by Gasteiger charge is -2.09. The molecule has 1 amide bonds. The van der Waals surface area contributed by atoms with Crippen LogP contribution in [-0.2, 0) is 4.79 Å². The summed E-state index contributed by atoms with van der Waals surface area (Å²) in [6, 6.07) is 5.17. The first-order chi connectivity index (χ1) is 6.24. The summed E-state index contributed by atoms with van der Waals surface area (Å²) < 4.78 is 0. The molecule has 1 rings (SSSR count). The second kappa shape index (κ2) is 4.57. The fourth-order valence-corrected chi connectivity index (χ4v) is 0.802. The van der Waals surface area contributed by atoms with Crippen molar-refractivity contribution in [3.05, 3.63) is 24.4 Å². The summed E-state index contributed by atoms with van der Waals surface area (Å²) in [7, 11) is 1.74. The molecule has 0 fully saturated rings. The van der Waals surface area contributed by atoms with Crippen LogP contribution in [0.2, 0.25) is 0 Å². The molecule has 1 aromatic rings. The zero-order chi connectivity index (χ0) is 9.68. The SMILES string of the molecule is CNC(C)C(=O)Nc1ccccn1. The Morgan fingerprint density at radius 1 is 1.54 bits per heavy atom. The van der Waals surface area contributed by atoms with Crippen molar-refractivity contribution in [2.24, 2.45) is 0 Å². The van der Waals surface area contributed by atoms with Gasteiger partial charge in [-0.3, -0.25) is 4.79 Å². The van der Waals surface area contributed by atoms with Crippen molar-refractivity contribution in [1.82, 2.24) is 10.3 Å². The number of likely N-dealkylation sites (N-methyl/N-ethyl adjacent to an activating group) is 1. The van der Waals surface area contributed by atoms with Gasteiger partial charge in [0.05, 0.1) is 6.04 Å². The smallest absolute Gasteiger partial charge is 0.242 e. The molecule has 0 aliphatic rings. The number of rotatable bonds is 3. The number of carbonyl (C=O) groups excluding carboxylic acids is 1. The summed E-state index contributed by atoms with van der Waals surface area (Å²) >= 11 is 0. The lowest BCUT2D eigenvalue weighted by molar-refractivity contribution is -0.117. The molecule has 1 unspecified atom stereocenters. The molecular formula is C9H13N3O. The summed E-state index contributed by atoms with van der Waals surface area (Å²) in [5.41, 5.74) is 0. The molecule has 0 saturated carbocycles. The summed E-state index contributed by atoms with van der Waals surface area (Å²) in [6.07, 6.45) is 1.64. The van der Waals surface area contributed by atoms with E-state index in [9.17, 15) is 4.79 Å². The maximum atomic E-state index is 11.3. The first kappa shape index (κ1) is 9.67. The molecule has 0 aromatic carbocycles. The van der Waals surface area contributed by atoms with Crippen LogP contribution in [0.4, 0.5) is 5.82 Å². The highest BCUT2D eigenvalue weighted by Gasteiger charge is 2.09. The third-order valence-corrected chi connectivity index (χ3v) is 1.74. The topological polar surface area (TPSA) is 54.0 Å². The Hall–Kier alpha value is -1.42. The van der Waals surface area contributed by atoms with Gasteiger partial charge in [-0.2, -0.15) is 0 Å². The van der Waals surface area contributed by atoms with E-state index in [2.05, 4.69) is 15.6 Å². The van der Waals surface area contributed by atoms with Gasteiger partial charge in [0, 0.05) is 6.20 Å². The summed E-state index contributed by atoms with van der Waals surface area (Å²) in [5.74, 6) is 0.496. The van der Waals surface area contributed by atoms with Crippen LogP contribution in [-0.4, -0.2) is 24.0 Å². The molecule has 1 atom stereocenters. The predicted octanol–water partition coefficient (Wildman–Crippen LogP) is 0.628. The van der Waals surface area contributed by atoms with Crippen molar-refractivity contribution in [2.45, 2.75) is 13.0 Å². The van der Waals surface area contributed by atoms with Crippen LogP contribution in [0, 0.1) is 0 Å². The van der Waals surface area contributed by atoms with Crippen molar-refractivity contribution >= 4 is 11.7 Å². The van der Waals surface area contributed by atoms with Crippen LogP contribution in [0.5, 0.6) is 0 Å². The van der Waals surface area contributed by atoms with Crippen molar-refractivity contribution < 1.29 is 4.79 Å². The molecule has 2 N–H and O–H groups in total. The molecule has 0 saturated heterocycles. The zero-order valence-electron chi connectivity index (χ0n) is 7.74. The van der Waals surface area contributed by atoms with Gasteiger partial charge in [-0.15, -0.1) is 0 Å². The minimum Gasteiger partial charge on any atom is -0.309 e.